The second-order valence-corrected chi connectivity index (χ2v) is 5.87. The number of fused-ring (bicyclic) bond motifs is 1. The van der Waals surface area contributed by atoms with Crippen LogP contribution in [-0.4, -0.2) is 13.2 Å². The van der Waals surface area contributed by atoms with E-state index in [0.29, 0.717) is 5.58 Å². The zero-order valence-corrected chi connectivity index (χ0v) is 13.0. The molecule has 0 unspecified atom stereocenters. The molecule has 2 aromatic rings. The molecule has 0 aliphatic carbocycles. The number of phosphoric acid groups is 1. The summed E-state index contributed by atoms with van der Waals surface area (Å²) in [6.07, 6.45) is 0. The molecule has 0 aliphatic rings. The van der Waals surface area contributed by atoms with Crippen molar-refractivity contribution in [2.45, 2.75) is 20.8 Å². The van der Waals surface area contributed by atoms with Crippen molar-refractivity contribution in [3.63, 3.8) is 0 Å². The molecule has 0 saturated heterocycles. The summed E-state index contributed by atoms with van der Waals surface area (Å²) in [6, 6.07) is 6.26. The van der Waals surface area contributed by atoms with E-state index in [1.807, 2.05) is 6.92 Å². The van der Waals surface area contributed by atoms with Crippen molar-refractivity contribution in [2.24, 2.45) is 0 Å². The van der Waals surface area contributed by atoms with E-state index in [4.69, 9.17) is 18.0 Å². The first kappa shape index (κ1) is 15.8. The summed E-state index contributed by atoms with van der Waals surface area (Å²) in [4.78, 5) is 11.4. The number of phosphoric ester groups is 1. The topological polar surface area (TPSA) is 75.0 Å². The summed E-state index contributed by atoms with van der Waals surface area (Å²) in [5.41, 5.74) is 0.706. The van der Waals surface area contributed by atoms with Crippen molar-refractivity contribution in [3.8, 4) is 5.75 Å². The third-order valence-corrected chi connectivity index (χ3v) is 4.30. The minimum atomic E-state index is -3.66. The van der Waals surface area contributed by atoms with E-state index in [-0.39, 0.29) is 19.0 Å². The molecule has 0 spiro atoms. The second kappa shape index (κ2) is 6.43. The van der Waals surface area contributed by atoms with E-state index in [1.54, 1.807) is 26.0 Å². The molecule has 1 aromatic carbocycles. The molecule has 0 amide bonds. The van der Waals surface area contributed by atoms with Gasteiger partial charge in [-0.1, -0.05) is 0 Å². The Morgan fingerprint density at radius 2 is 1.81 bits per heavy atom. The predicted molar refractivity (Wildman–Crippen MR) is 78.7 cm³/mol. The van der Waals surface area contributed by atoms with Gasteiger partial charge in [-0.25, -0.2) is 9.36 Å². The van der Waals surface area contributed by atoms with Gasteiger partial charge in [-0.3, -0.25) is 9.05 Å². The van der Waals surface area contributed by atoms with Gasteiger partial charge in [0.25, 0.3) is 0 Å². The molecule has 0 N–H and O–H groups in total. The molecule has 0 aliphatic heterocycles. The number of hydrogen-bond donors (Lipinski definition) is 0. The lowest BCUT2D eigenvalue weighted by Crippen LogP contribution is -2.03. The Labute approximate surface area is 122 Å². The van der Waals surface area contributed by atoms with E-state index < -0.39 is 13.4 Å². The van der Waals surface area contributed by atoms with Gasteiger partial charge in [0.05, 0.1) is 13.2 Å². The number of rotatable bonds is 6. The maximum atomic E-state index is 12.3. The normalized spacial score (nSPS) is 11.8. The average molecular weight is 312 g/mol. The van der Waals surface area contributed by atoms with Crippen LogP contribution in [0.2, 0.25) is 0 Å². The van der Waals surface area contributed by atoms with Crippen LogP contribution in [0.15, 0.2) is 33.5 Å². The van der Waals surface area contributed by atoms with Crippen molar-refractivity contribution in [3.05, 3.63) is 40.2 Å². The van der Waals surface area contributed by atoms with Gasteiger partial charge in [-0.2, -0.15) is 0 Å². The summed E-state index contributed by atoms with van der Waals surface area (Å²) in [5, 5.41) is 0.782. The van der Waals surface area contributed by atoms with Crippen LogP contribution in [0, 0.1) is 6.92 Å². The number of benzene rings is 1. The molecule has 6 nitrogen and oxygen atoms in total. The Morgan fingerprint density at radius 3 is 2.43 bits per heavy atom. The maximum Gasteiger partial charge on any atom is 0.530 e. The molecule has 1 heterocycles. The summed E-state index contributed by atoms with van der Waals surface area (Å²) < 4.78 is 32.8. The summed E-state index contributed by atoms with van der Waals surface area (Å²) >= 11 is 0. The molecule has 0 saturated carbocycles. The lowest BCUT2D eigenvalue weighted by Gasteiger charge is -2.17. The van der Waals surface area contributed by atoms with Gasteiger partial charge in [-0.15, -0.1) is 0 Å². The molecule has 0 bridgehead atoms. The second-order valence-electron chi connectivity index (χ2n) is 4.28. The zero-order chi connectivity index (χ0) is 15.5. The van der Waals surface area contributed by atoms with Crippen LogP contribution in [0.1, 0.15) is 19.4 Å². The fraction of sp³-hybridized carbons (Fsp3) is 0.357. The predicted octanol–water partition coefficient (Wildman–Crippen LogP) is 3.66. The van der Waals surface area contributed by atoms with Crippen molar-refractivity contribution >= 4 is 18.8 Å². The maximum absolute atomic E-state index is 12.3. The van der Waals surface area contributed by atoms with Crippen LogP contribution in [-0.2, 0) is 13.6 Å². The molecule has 2 rings (SSSR count). The highest BCUT2D eigenvalue weighted by molar-refractivity contribution is 7.48. The van der Waals surface area contributed by atoms with Crippen LogP contribution in [0.4, 0.5) is 0 Å². The van der Waals surface area contributed by atoms with E-state index in [1.165, 1.54) is 12.1 Å². The van der Waals surface area contributed by atoms with Crippen molar-refractivity contribution < 1.29 is 22.6 Å². The molecular weight excluding hydrogens is 295 g/mol. The molecule has 7 heteroatoms. The van der Waals surface area contributed by atoms with E-state index >= 15 is 0 Å². The molecule has 21 heavy (non-hydrogen) atoms. The first-order valence-corrected chi connectivity index (χ1v) is 8.06. The molecule has 0 fully saturated rings. The SMILES string of the molecule is CCOP(=O)(OCC)Oc1ccc2c(C)cc(=O)oc2c1. The Bertz CT molecular complexity index is 726. The highest BCUT2D eigenvalue weighted by Gasteiger charge is 2.27. The molecule has 0 atom stereocenters. The van der Waals surface area contributed by atoms with Crippen molar-refractivity contribution in [2.75, 3.05) is 13.2 Å². The minimum absolute atomic E-state index is 0.194. The minimum Gasteiger partial charge on any atom is -0.423 e. The number of aryl methyl sites for hydroxylation is 1. The smallest absolute Gasteiger partial charge is 0.423 e. The first-order chi connectivity index (χ1) is 9.97. The largest absolute Gasteiger partial charge is 0.530 e. The lowest BCUT2D eigenvalue weighted by atomic mass is 10.1. The van der Waals surface area contributed by atoms with Gasteiger partial charge in [0.1, 0.15) is 11.3 Å². The zero-order valence-electron chi connectivity index (χ0n) is 12.1. The summed E-state index contributed by atoms with van der Waals surface area (Å²) in [6.45, 7) is 5.58. The quantitative estimate of drug-likeness (QED) is 0.598. The fourth-order valence-electron chi connectivity index (χ4n) is 1.90. The molecule has 1 aromatic heterocycles. The van der Waals surface area contributed by atoms with Gasteiger partial charge >= 0.3 is 13.4 Å². The average Bonchev–Trinajstić information content (AvgIpc) is 2.38. The van der Waals surface area contributed by atoms with Gasteiger partial charge < -0.3 is 8.94 Å². The molecule has 114 valence electrons. The Hall–Kier alpha value is -1.62. The molecular formula is C14H17O6P. The van der Waals surface area contributed by atoms with Gasteiger partial charge in [0, 0.05) is 17.5 Å². The fourth-order valence-corrected chi connectivity index (χ4v) is 3.08. The van der Waals surface area contributed by atoms with Crippen LogP contribution < -0.4 is 10.1 Å². The summed E-state index contributed by atoms with van der Waals surface area (Å²) in [5.74, 6) is 0.251. The Kier molecular flexibility index (Phi) is 4.83. The first-order valence-electron chi connectivity index (χ1n) is 6.60. The van der Waals surface area contributed by atoms with Crippen LogP contribution in [0.3, 0.4) is 0 Å². The van der Waals surface area contributed by atoms with E-state index in [2.05, 4.69) is 0 Å². The Balaban J connectivity index is 2.38. The van der Waals surface area contributed by atoms with Crippen molar-refractivity contribution in [1.29, 1.82) is 0 Å². The van der Waals surface area contributed by atoms with Gasteiger partial charge in [0.15, 0.2) is 0 Å². The van der Waals surface area contributed by atoms with Crippen LogP contribution >= 0.6 is 7.82 Å². The summed E-state index contributed by atoms with van der Waals surface area (Å²) in [7, 11) is -3.66. The standard InChI is InChI=1S/C14H17O6P/c1-4-17-21(16,18-5-2)20-11-6-7-12-10(3)8-14(15)19-13(12)9-11/h6-9H,4-5H2,1-3H3. The highest BCUT2D eigenvalue weighted by Crippen LogP contribution is 2.49. The van der Waals surface area contributed by atoms with Gasteiger partial charge in [-0.05, 0) is 38.5 Å². The highest BCUT2D eigenvalue weighted by atomic mass is 31.2. The lowest BCUT2D eigenvalue weighted by molar-refractivity contribution is 0.167. The van der Waals surface area contributed by atoms with Crippen LogP contribution in [0.5, 0.6) is 5.75 Å². The van der Waals surface area contributed by atoms with Crippen LogP contribution in [0.25, 0.3) is 11.0 Å². The van der Waals surface area contributed by atoms with Crippen molar-refractivity contribution in [1.82, 2.24) is 0 Å². The third-order valence-electron chi connectivity index (χ3n) is 2.71. The molecule has 0 radical (unpaired) electrons. The van der Waals surface area contributed by atoms with E-state index in [9.17, 15) is 9.36 Å². The third kappa shape index (κ3) is 3.73. The monoisotopic (exact) mass is 312 g/mol. The van der Waals surface area contributed by atoms with Gasteiger partial charge in [0.2, 0.25) is 0 Å². The Morgan fingerprint density at radius 1 is 1.14 bits per heavy atom. The number of hydrogen-bond acceptors (Lipinski definition) is 6. The van der Waals surface area contributed by atoms with E-state index in [0.717, 1.165) is 10.9 Å².